The second kappa shape index (κ2) is 6.49. The van der Waals surface area contributed by atoms with Crippen LogP contribution in [0, 0.1) is 0 Å². The maximum atomic E-state index is 11.8. The minimum absolute atomic E-state index is 0.0924. The standard InChI is InChI=1S/C15H18N4O2/c20-13(8-11-19-9-4-5-10-19)16-15-18-17-14(21-15)12-6-2-1-3-7-12/h1-3,6-7H,4-5,8-11H2,(H,16,18,20). The fourth-order valence-electron chi connectivity index (χ4n) is 2.42. The number of amides is 1. The van der Waals surface area contributed by atoms with E-state index in [0.717, 1.165) is 25.2 Å². The molecule has 0 aliphatic carbocycles. The van der Waals surface area contributed by atoms with Gasteiger partial charge in [-0.2, -0.15) is 0 Å². The normalized spacial score (nSPS) is 15.2. The summed E-state index contributed by atoms with van der Waals surface area (Å²) in [7, 11) is 0. The highest BCUT2D eigenvalue weighted by Gasteiger charge is 2.15. The van der Waals surface area contributed by atoms with Crippen molar-refractivity contribution < 1.29 is 9.21 Å². The summed E-state index contributed by atoms with van der Waals surface area (Å²) in [6.07, 6.45) is 2.90. The molecule has 0 bridgehead atoms. The molecule has 3 rings (SSSR count). The van der Waals surface area contributed by atoms with Crippen molar-refractivity contribution in [1.82, 2.24) is 15.1 Å². The van der Waals surface area contributed by atoms with Gasteiger partial charge in [-0.1, -0.05) is 23.3 Å². The smallest absolute Gasteiger partial charge is 0.322 e. The van der Waals surface area contributed by atoms with E-state index in [2.05, 4.69) is 20.4 Å². The lowest BCUT2D eigenvalue weighted by atomic mass is 10.2. The van der Waals surface area contributed by atoms with Crippen LogP contribution in [0.5, 0.6) is 0 Å². The molecule has 0 spiro atoms. The number of carbonyl (C=O) groups is 1. The molecule has 1 fully saturated rings. The fourth-order valence-corrected chi connectivity index (χ4v) is 2.42. The quantitative estimate of drug-likeness (QED) is 0.912. The van der Waals surface area contributed by atoms with Gasteiger partial charge in [0.15, 0.2) is 0 Å². The average molecular weight is 286 g/mol. The maximum Gasteiger partial charge on any atom is 0.322 e. The summed E-state index contributed by atoms with van der Waals surface area (Å²) in [5.41, 5.74) is 0.836. The Hall–Kier alpha value is -2.21. The fraction of sp³-hybridized carbons (Fsp3) is 0.400. The van der Waals surface area contributed by atoms with Gasteiger partial charge in [0.1, 0.15) is 0 Å². The summed E-state index contributed by atoms with van der Waals surface area (Å²) in [6.45, 7) is 2.96. The van der Waals surface area contributed by atoms with Crippen LogP contribution in [0.4, 0.5) is 6.01 Å². The number of anilines is 1. The van der Waals surface area contributed by atoms with Gasteiger partial charge in [0.05, 0.1) is 0 Å². The van der Waals surface area contributed by atoms with Crippen molar-refractivity contribution in [3.05, 3.63) is 30.3 Å². The molecule has 6 heteroatoms. The van der Waals surface area contributed by atoms with E-state index in [4.69, 9.17) is 4.42 Å². The van der Waals surface area contributed by atoms with Crippen LogP contribution < -0.4 is 5.32 Å². The first-order chi connectivity index (χ1) is 10.3. The van der Waals surface area contributed by atoms with Crippen molar-refractivity contribution in [1.29, 1.82) is 0 Å². The zero-order chi connectivity index (χ0) is 14.5. The summed E-state index contributed by atoms with van der Waals surface area (Å²) in [5, 5.41) is 10.4. The Kier molecular flexibility index (Phi) is 4.25. The maximum absolute atomic E-state index is 11.8. The van der Waals surface area contributed by atoms with Gasteiger partial charge >= 0.3 is 6.01 Å². The van der Waals surface area contributed by atoms with Gasteiger partial charge < -0.3 is 9.32 Å². The monoisotopic (exact) mass is 286 g/mol. The molecule has 1 aliphatic heterocycles. The molecule has 1 amide bonds. The van der Waals surface area contributed by atoms with E-state index in [1.54, 1.807) is 0 Å². The Balaban J connectivity index is 1.53. The van der Waals surface area contributed by atoms with Crippen LogP contribution >= 0.6 is 0 Å². The van der Waals surface area contributed by atoms with Gasteiger partial charge in [-0.05, 0) is 38.1 Å². The number of aromatic nitrogens is 2. The lowest BCUT2D eigenvalue weighted by Gasteiger charge is -2.12. The lowest BCUT2D eigenvalue weighted by Crippen LogP contribution is -2.25. The van der Waals surface area contributed by atoms with Gasteiger partial charge in [-0.15, -0.1) is 5.10 Å². The topological polar surface area (TPSA) is 71.3 Å². The van der Waals surface area contributed by atoms with Crippen molar-refractivity contribution in [3.8, 4) is 11.5 Å². The molecule has 0 radical (unpaired) electrons. The third-order valence-corrected chi connectivity index (χ3v) is 3.55. The summed E-state index contributed by atoms with van der Waals surface area (Å²) < 4.78 is 5.44. The molecule has 110 valence electrons. The number of nitrogens with one attached hydrogen (secondary N) is 1. The van der Waals surface area contributed by atoms with E-state index >= 15 is 0 Å². The Morgan fingerprint density at radius 1 is 1.19 bits per heavy atom. The minimum Gasteiger partial charge on any atom is -0.403 e. The van der Waals surface area contributed by atoms with Gasteiger partial charge in [0.2, 0.25) is 11.8 Å². The molecule has 1 N–H and O–H groups in total. The van der Waals surface area contributed by atoms with Crippen LogP contribution in [0.3, 0.4) is 0 Å². The van der Waals surface area contributed by atoms with Crippen molar-refractivity contribution >= 4 is 11.9 Å². The Morgan fingerprint density at radius 3 is 2.71 bits per heavy atom. The van der Waals surface area contributed by atoms with E-state index in [1.807, 2.05) is 30.3 Å². The number of nitrogens with zero attached hydrogens (tertiary/aromatic N) is 3. The lowest BCUT2D eigenvalue weighted by molar-refractivity contribution is -0.116. The van der Waals surface area contributed by atoms with Crippen LogP contribution in [0.25, 0.3) is 11.5 Å². The molecule has 2 aromatic rings. The number of likely N-dealkylation sites (tertiary alicyclic amines) is 1. The van der Waals surface area contributed by atoms with E-state index in [0.29, 0.717) is 12.3 Å². The average Bonchev–Trinajstić information content (AvgIpc) is 3.17. The van der Waals surface area contributed by atoms with Gasteiger partial charge in [0.25, 0.3) is 0 Å². The van der Waals surface area contributed by atoms with Crippen LogP contribution in [0.1, 0.15) is 19.3 Å². The highest BCUT2D eigenvalue weighted by atomic mass is 16.4. The van der Waals surface area contributed by atoms with Crippen molar-refractivity contribution in [2.75, 3.05) is 25.0 Å². The van der Waals surface area contributed by atoms with Crippen LogP contribution in [-0.4, -0.2) is 40.6 Å². The first-order valence-electron chi connectivity index (χ1n) is 7.22. The van der Waals surface area contributed by atoms with Gasteiger partial charge in [-0.25, -0.2) is 0 Å². The minimum atomic E-state index is -0.0924. The van der Waals surface area contributed by atoms with E-state index in [9.17, 15) is 4.79 Å². The molecule has 1 aromatic heterocycles. The molecule has 1 aliphatic rings. The van der Waals surface area contributed by atoms with Crippen molar-refractivity contribution in [2.45, 2.75) is 19.3 Å². The molecule has 21 heavy (non-hydrogen) atoms. The summed E-state index contributed by atoms with van der Waals surface area (Å²) in [6, 6.07) is 9.63. The van der Waals surface area contributed by atoms with E-state index in [-0.39, 0.29) is 11.9 Å². The van der Waals surface area contributed by atoms with Crippen LogP contribution in [-0.2, 0) is 4.79 Å². The van der Waals surface area contributed by atoms with Crippen LogP contribution in [0.2, 0.25) is 0 Å². The Bertz CT molecular complexity index is 591. The number of benzene rings is 1. The summed E-state index contributed by atoms with van der Waals surface area (Å²) in [5.74, 6) is 0.315. The zero-order valence-electron chi connectivity index (χ0n) is 11.8. The third kappa shape index (κ3) is 3.66. The SMILES string of the molecule is O=C(CCN1CCCC1)Nc1nnc(-c2ccccc2)o1. The predicted molar refractivity (Wildman–Crippen MR) is 78.7 cm³/mol. The summed E-state index contributed by atoms with van der Waals surface area (Å²) >= 11 is 0. The van der Waals surface area contributed by atoms with E-state index in [1.165, 1.54) is 12.8 Å². The van der Waals surface area contributed by atoms with Crippen molar-refractivity contribution in [3.63, 3.8) is 0 Å². The summed E-state index contributed by atoms with van der Waals surface area (Å²) in [4.78, 5) is 14.1. The van der Waals surface area contributed by atoms with Gasteiger partial charge in [-0.3, -0.25) is 10.1 Å². The second-order valence-electron chi connectivity index (χ2n) is 5.13. The molecule has 0 saturated carbocycles. The number of hydrogen-bond donors (Lipinski definition) is 1. The molecule has 0 atom stereocenters. The molecule has 6 nitrogen and oxygen atoms in total. The highest BCUT2D eigenvalue weighted by Crippen LogP contribution is 2.19. The third-order valence-electron chi connectivity index (χ3n) is 3.55. The number of carbonyl (C=O) groups excluding carboxylic acids is 1. The molecule has 1 saturated heterocycles. The number of hydrogen-bond acceptors (Lipinski definition) is 5. The van der Waals surface area contributed by atoms with Crippen molar-refractivity contribution in [2.24, 2.45) is 0 Å². The van der Waals surface area contributed by atoms with Crippen LogP contribution in [0.15, 0.2) is 34.7 Å². The Morgan fingerprint density at radius 2 is 1.95 bits per heavy atom. The molecule has 2 heterocycles. The van der Waals surface area contributed by atoms with Gasteiger partial charge in [0, 0.05) is 18.5 Å². The molecule has 1 aromatic carbocycles. The second-order valence-corrected chi connectivity index (χ2v) is 5.13. The Labute approximate surface area is 123 Å². The van der Waals surface area contributed by atoms with E-state index < -0.39 is 0 Å². The first-order valence-corrected chi connectivity index (χ1v) is 7.22. The highest BCUT2D eigenvalue weighted by molar-refractivity contribution is 5.88. The predicted octanol–water partition coefficient (Wildman–Crippen LogP) is 2.16. The molecule has 0 unspecified atom stereocenters. The zero-order valence-corrected chi connectivity index (χ0v) is 11.8. The molecular weight excluding hydrogens is 268 g/mol. The largest absolute Gasteiger partial charge is 0.403 e. The first kappa shape index (κ1) is 13.8. The number of rotatable bonds is 5. The molecular formula is C15H18N4O2.